The van der Waals surface area contributed by atoms with Crippen LogP contribution in [0.1, 0.15) is 12.5 Å². The van der Waals surface area contributed by atoms with Gasteiger partial charge in [0.1, 0.15) is 0 Å². The number of rotatable bonds is 5. The van der Waals surface area contributed by atoms with Gasteiger partial charge >= 0.3 is 5.97 Å². The highest BCUT2D eigenvalue weighted by molar-refractivity contribution is 5.72. The SMILES string of the molecule is C[C@@H](Oc1ccccc1Oc1ccc(C#N)cc1F)C(=O)O. The third-order valence-electron chi connectivity index (χ3n) is 2.78. The van der Waals surface area contributed by atoms with Crippen molar-refractivity contribution in [2.75, 3.05) is 0 Å². The molecular weight excluding hydrogens is 289 g/mol. The molecule has 112 valence electrons. The molecule has 2 aromatic rings. The number of hydrogen-bond acceptors (Lipinski definition) is 4. The van der Waals surface area contributed by atoms with Crippen molar-refractivity contribution in [3.63, 3.8) is 0 Å². The lowest BCUT2D eigenvalue weighted by molar-refractivity contribution is -0.144. The zero-order chi connectivity index (χ0) is 16.1. The second-order valence-electron chi connectivity index (χ2n) is 4.40. The van der Waals surface area contributed by atoms with E-state index in [0.29, 0.717) is 0 Å². The van der Waals surface area contributed by atoms with E-state index >= 15 is 0 Å². The summed E-state index contributed by atoms with van der Waals surface area (Å²) < 4.78 is 24.5. The van der Waals surface area contributed by atoms with Gasteiger partial charge in [0.25, 0.3) is 0 Å². The molecule has 0 aliphatic heterocycles. The van der Waals surface area contributed by atoms with Crippen LogP contribution in [0.5, 0.6) is 17.2 Å². The van der Waals surface area contributed by atoms with Crippen LogP contribution in [0.15, 0.2) is 42.5 Å². The van der Waals surface area contributed by atoms with Crippen LogP contribution in [-0.4, -0.2) is 17.2 Å². The van der Waals surface area contributed by atoms with Gasteiger partial charge in [-0.3, -0.25) is 0 Å². The van der Waals surface area contributed by atoms with E-state index in [1.54, 1.807) is 12.1 Å². The minimum Gasteiger partial charge on any atom is -0.479 e. The average molecular weight is 301 g/mol. The molecule has 5 nitrogen and oxygen atoms in total. The lowest BCUT2D eigenvalue weighted by atomic mass is 10.2. The Balaban J connectivity index is 2.27. The number of carbonyl (C=O) groups is 1. The van der Waals surface area contributed by atoms with E-state index in [-0.39, 0.29) is 22.8 Å². The van der Waals surface area contributed by atoms with Gasteiger partial charge in [0.15, 0.2) is 29.2 Å². The van der Waals surface area contributed by atoms with Crippen molar-refractivity contribution in [1.82, 2.24) is 0 Å². The summed E-state index contributed by atoms with van der Waals surface area (Å²) in [6.45, 7) is 1.38. The van der Waals surface area contributed by atoms with Gasteiger partial charge in [0, 0.05) is 0 Å². The molecule has 0 aromatic heterocycles. The first-order valence-corrected chi connectivity index (χ1v) is 6.37. The van der Waals surface area contributed by atoms with Crippen LogP contribution in [-0.2, 0) is 4.79 Å². The third kappa shape index (κ3) is 3.52. The first-order chi connectivity index (χ1) is 10.5. The number of carboxylic acid groups (broad SMARTS) is 1. The summed E-state index contributed by atoms with van der Waals surface area (Å²) in [5.41, 5.74) is 0.175. The normalized spacial score (nSPS) is 11.3. The fourth-order valence-corrected chi connectivity index (χ4v) is 1.64. The summed E-state index contributed by atoms with van der Waals surface area (Å²) in [4.78, 5) is 10.8. The Hall–Kier alpha value is -3.07. The number of nitriles is 1. The Bertz CT molecular complexity index is 739. The molecule has 0 heterocycles. The molecule has 6 heteroatoms. The summed E-state index contributed by atoms with van der Waals surface area (Å²) >= 11 is 0. The summed E-state index contributed by atoms with van der Waals surface area (Å²) in [5.74, 6) is -1.54. The maximum absolute atomic E-state index is 13.8. The second-order valence-corrected chi connectivity index (χ2v) is 4.40. The molecule has 1 atom stereocenters. The molecule has 0 aliphatic rings. The molecule has 0 spiro atoms. The van der Waals surface area contributed by atoms with Crippen molar-refractivity contribution >= 4 is 5.97 Å². The molecule has 0 amide bonds. The zero-order valence-corrected chi connectivity index (χ0v) is 11.6. The maximum atomic E-state index is 13.8. The summed E-state index contributed by atoms with van der Waals surface area (Å²) in [5, 5.41) is 17.6. The monoisotopic (exact) mass is 301 g/mol. The van der Waals surface area contributed by atoms with E-state index in [1.165, 1.54) is 31.2 Å². The average Bonchev–Trinajstić information content (AvgIpc) is 2.50. The molecule has 2 rings (SSSR count). The van der Waals surface area contributed by atoms with Crippen molar-refractivity contribution in [3.05, 3.63) is 53.8 Å². The van der Waals surface area contributed by atoms with Crippen LogP contribution in [0.3, 0.4) is 0 Å². The molecule has 0 unspecified atom stereocenters. The van der Waals surface area contributed by atoms with Crippen LogP contribution < -0.4 is 9.47 Å². The van der Waals surface area contributed by atoms with E-state index in [4.69, 9.17) is 19.8 Å². The number of aliphatic carboxylic acids is 1. The van der Waals surface area contributed by atoms with Gasteiger partial charge in [-0.15, -0.1) is 0 Å². The topological polar surface area (TPSA) is 79.5 Å². The van der Waals surface area contributed by atoms with Gasteiger partial charge in [-0.05, 0) is 37.3 Å². The number of carboxylic acids is 1. The predicted octanol–water partition coefficient (Wildman–Crippen LogP) is 3.34. The predicted molar refractivity (Wildman–Crippen MR) is 75.4 cm³/mol. The molecule has 0 fully saturated rings. The number of benzene rings is 2. The molecule has 0 saturated carbocycles. The third-order valence-corrected chi connectivity index (χ3v) is 2.78. The fraction of sp³-hybridized carbons (Fsp3) is 0.125. The molecule has 0 radical (unpaired) electrons. The van der Waals surface area contributed by atoms with E-state index in [0.717, 1.165) is 6.07 Å². The van der Waals surface area contributed by atoms with Crippen LogP contribution in [0.25, 0.3) is 0 Å². The van der Waals surface area contributed by atoms with Crippen LogP contribution in [0, 0.1) is 17.1 Å². The molecular formula is C16H12FNO4. The Morgan fingerprint density at radius 1 is 1.23 bits per heavy atom. The minimum absolute atomic E-state index is 0.0852. The molecule has 0 bridgehead atoms. The van der Waals surface area contributed by atoms with Crippen LogP contribution >= 0.6 is 0 Å². The fourth-order valence-electron chi connectivity index (χ4n) is 1.64. The van der Waals surface area contributed by atoms with Gasteiger partial charge in [0.05, 0.1) is 11.6 Å². The Labute approximate surface area is 126 Å². The number of nitrogens with zero attached hydrogens (tertiary/aromatic N) is 1. The number of halogens is 1. The minimum atomic E-state index is -1.13. The Morgan fingerprint density at radius 3 is 2.50 bits per heavy atom. The Kier molecular flexibility index (Phi) is 4.59. The second kappa shape index (κ2) is 6.59. The summed E-state index contributed by atoms with van der Waals surface area (Å²) in [7, 11) is 0. The molecule has 1 N–H and O–H groups in total. The first kappa shape index (κ1) is 15.3. The standard InChI is InChI=1S/C16H12FNO4/c1-10(16(19)20)21-14-4-2-3-5-15(14)22-13-7-6-11(9-18)8-12(13)17/h2-8,10H,1H3,(H,19,20)/t10-/m1/s1. The van der Waals surface area contributed by atoms with Crippen molar-refractivity contribution < 1.29 is 23.8 Å². The van der Waals surface area contributed by atoms with E-state index < -0.39 is 17.9 Å². The van der Waals surface area contributed by atoms with E-state index in [2.05, 4.69) is 0 Å². The van der Waals surface area contributed by atoms with Crippen molar-refractivity contribution in [2.24, 2.45) is 0 Å². The molecule has 0 saturated heterocycles. The molecule has 22 heavy (non-hydrogen) atoms. The highest BCUT2D eigenvalue weighted by Crippen LogP contribution is 2.33. The molecule has 0 aliphatic carbocycles. The van der Waals surface area contributed by atoms with E-state index in [1.807, 2.05) is 6.07 Å². The quantitative estimate of drug-likeness (QED) is 0.916. The Morgan fingerprint density at radius 2 is 1.91 bits per heavy atom. The van der Waals surface area contributed by atoms with Gasteiger partial charge in [-0.25, -0.2) is 9.18 Å². The largest absolute Gasteiger partial charge is 0.479 e. The number of hydrogen-bond donors (Lipinski definition) is 1. The van der Waals surface area contributed by atoms with Crippen LogP contribution in [0.4, 0.5) is 4.39 Å². The lowest BCUT2D eigenvalue weighted by Gasteiger charge is -2.15. The van der Waals surface area contributed by atoms with Gasteiger partial charge in [-0.1, -0.05) is 12.1 Å². The van der Waals surface area contributed by atoms with Crippen molar-refractivity contribution in [1.29, 1.82) is 5.26 Å². The van der Waals surface area contributed by atoms with Gasteiger partial charge in [-0.2, -0.15) is 5.26 Å². The summed E-state index contributed by atoms with van der Waals surface area (Å²) in [6.07, 6.45) is -1.07. The van der Waals surface area contributed by atoms with Crippen LogP contribution in [0.2, 0.25) is 0 Å². The highest BCUT2D eigenvalue weighted by Gasteiger charge is 2.16. The highest BCUT2D eigenvalue weighted by atomic mass is 19.1. The smallest absolute Gasteiger partial charge is 0.344 e. The van der Waals surface area contributed by atoms with Gasteiger partial charge < -0.3 is 14.6 Å². The van der Waals surface area contributed by atoms with Gasteiger partial charge in [0.2, 0.25) is 0 Å². The number of para-hydroxylation sites is 2. The van der Waals surface area contributed by atoms with E-state index in [9.17, 15) is 9.18 Å². The molecule has 2 aromatic carbocycles. The van der Waals surface area contributed by atoms with Crippen molar-refractivity contribution in [3.8, 4) is 23.3 Å². The maximum Gasteiger partial charge on any atom is 0.344 e. The lowest BCUT2D eigenvalue weighted by Crippen LogP contribution is -2.23. The first-order valence-electron chi connectivity index (χ1n) is 6.37. The zero-order valence-electron chi connectivity index (χ0n) is 11.6. The number of ether oxygens (including phenoxy) is 2. The summed E-state index contributed by atoms with van der Waals surface area (Å²) in [6, 6.07) is 12.0. The van der Waals surface area contributed by atoms with Crippen molar-refractivity contribution in [2.45, 2.75) is 13.0 Å².